The van der Waals surface area contributed by atoms with Gasteiger partial charge in [-0.1, -0.05) is 0 Å². The second kappa shape index (κ2) is 22.0. The third-order valence-corrected chi connectivity index (χ3v) is 8.17. The molecule has 28 heavy (non-hydrogen) atoms. The molecule has 3 rings (SSSR count). The zero-order valence-corrected chi connectivity index (χ0v) is 20.8. The van der Waals surface area contributed by atoms with Gasteiger partial charge >= 0.3 is 188 Å². The minimum atomic E-state index is -1.39. The molecule has 3 aromatic carbocycles. The van der Waals surface area contributed by atoms with Gasteiger partial charge in [0.15, 0.2) is 0 Å². The summed E-state index contributed by atoms with van der Waals surface area (Å²) >= 11 is -2.20. The van der Waals surface area contributed by atoms with Crippen LogP contribution in [0.4, 0.5) is 0 Å². The third kappa shape index (κ3) is 11.5. The molecule has 142 valence electrons. The Morgan fingerprint density at radius 1 is 0.500 bits per heavy atom. The minimum absolute atomic E-state index is 0.806. The zero-order chi connectivity index (χ0) is 21.6. The molecule has 0 saturated heterocycles. The second-order valence-electron chi connectivity index (χ2n) is 4.40. The van der Waals surface area contributed by atoms with E-state index in [9.17, 15) is 0 Å². The van der Waals surface area contributed by atoms with Gasteiger partial charge in [-0.05, 0) is 0 Å². The summed E-state index contributed by atoms with van der Waals surface area (Å²) in [6.45, 7) is 13.5. The summed E-state index contributed by atoms with van der Waals surface area (Å²) in [5.74, 6) is 0. The predicted molar refractivity (Wildman–Crippen MR) is 107 cm³/mol. The van der Waals surface area contributed by atoms with Crippen molar-refractivity contribution >= 4 is 46.5 Å². The van der Waals surface area contributed by atoms with Crippen LogP contribution in [0.2, 0.25) is 0 Å². The summed E-state index contributed by atoms with van der Waals surface area (Å²) in [6.07, 6.45) is 0. The van der Waals surface area contributed by atoms with Gasteiger partial charge in [0.05, 0.1) is 0 Å². The molecule has 0 heterocycles. The summed E-state index contributed by atoms with van der Waals surface area (Å²) < 4.78 is 26.9. The van der Waals surface area contributed by atoms with Crippen LogP contribution in [0, 0.1) is 20.0 Å². The van der Waals surface area contributed by atoms with Crippen LogP contribution in [0.15, 0.2) is 91.0 Å². The Morgan fingerprint density at radius 2 is 0.679 bits per heavy atom. The van der Waals surface area contributed by atoms with Gasteiger partial charge in [-0.3, -0.25) is 0 Å². The summed E-state index contributed by atoms with van der Waals surface area (Å²) in [5, 5.41) is 0. The number of hydrogen-bond donors (Lipinski definition) is 0. The van der Waals surface area contributed by atoms with Crippen LogP contribution in [0.5, 0.6) is 0 Å². The Labute approximate surface area is 186 Å². The molecular formula is C21H15AsCl2O3W. The molecule has 0 saturated carbocycles. The van der Waals surface area contributed by atoms with Crippen molar-refractivity contribution in [1.29, 1.82) is 0 Å². The van der Waals surface area contributed by atoms with E-state index in [0.717, 1.165) is 0 Å². The number of rotatable bonds is 3. The second-order valence-corrected chi connectivity index (χ2v) is 13.3. The Balaban J connectivity index is 0. The molecule has 0 fully saturated rings. The quantitative estimate of drug-likeness (QED) is 0.238. The van der Waals surface area contributed by atoms with Crippen molar-refractivity contribution in [2.45, 2.75) is 0 Å². The SMILES string of the molecule is [C-]#[O+].[C-]#[O+].[C-]#[O+].[Cl][W][Cl].c1ccc([As](c2ccccc2)c2ccccc2)cc1. The van der Waals surface area contributed by atoms with E-state index in [1.165, 1.54) is 13.1 Å². The molecular weight excluding hydrogens is 630 g/mol. The van der Waals surface area contributed by atoms with E-state index < -0.39 is 31.1 Å². The van der Waals surface area contributed by atoms with Gasteiger partial charge in [0.1, 0.15) is 0 Å². The fraction of sp³-hybridized carbons (Fsp3) is 0. The first kappa shape index (κ1) is 28.9. The molecule has 0 aliphatic rings. The topological polar surface area (TPSA) is 59.7 Å². The van der Waals surface area contributed by atoms with Crippen LogP contribution in [0.3, 0.4) is 0 Å². The van der Waals surface area contributed by atoms with Crippen molar-refractivity contribution in [2.75, 3.05) is 0 Å². The molecule has 0 spiro atoms. The van der Waals surface area contributed by atoms with Crippen LogP contribution in [-0.4, -0.2) is 14.7 Å². The molecule has 0 aromatic heterocycles. The number of hydrogen-bond acceptors (Lipinski definition) is 0. The first-order chi connectivity index (χ1) is 13.9. The van der Waals surface area contributed by atoms with E-state index in [1.807, 2.05) is 0 Å². The van der Waals surface area contributed by atoms with E-state index in [0.29, 0.717) is 0 Å². The van der Waals surface area contributed by atoms with Gasteiger partial charge in [-0.2, -0.15) is 0 Å². The van der Waals surface area contributed by atoms with E-state index in [2.05, 4.69) is 111 Å². The Hall–Kier alpha value is -1.29. The monoisotopic (exact) mass is 644 g/mol. The maximum atomic E-state index is 7.50. The first-order valence-electron chi connectivity index (χ1n) is 7.32. The van der Waals surface area contributed by atoms with Gasteiger partial charge in [0.2, 0.25) is 0 Å². The molecule has 0 atom stereocenters. The Kier molecular flexibility index (Phi) is 22.7. The molecule has 0 radical (unpaired) electrons. The van der Waals surface area contributed by atoms with Crippen LogP contribution < -0.4 is 13.1 Å². The van der Waals surface area contributed by atoms with E-state index in [-0.39, 0.29) is 0 Å². The maximum absolute atomic E-state index is 7.50. The summed E-state index contributed by atoms with van der Waals surface area (Å²) in [4.78, 5) is 0. The summed E-state index contributed by atoms with van der Waals surface area (Å²) in [5.41, 5.74) is 0. The third-order valence-electron chi connectivity index (χ3n) is 3.04. The normalized spacial score (nSPS) is 8.04. The van der Waals surface area contributed by atoms with E-state index in [1.54, 1.807) is 0 Å². The Morgan fingerprint density at radius 3 is 0.857 bits per heavy atom. The average Bonchev–Trinajstić information content (AvgIpc) is 2.81. The van der Waals surface area contributed by atoms with Crippen LogP contribution in [0.25, 0.3) is 0 Å². The van der Waals surface area contributed by atoms with Crippen molar-refractivity contribution in [3.8, 4) is 0 Å². The molecule has 0 amide bonds. The van der Waals surface area contributed by atoms with Crippen molar-refractivity contribution < 1.29 is 30.4 Å². The molecule has 3 nitrogen and oxygen atoms in total. The van der Waals surface area contributed by atoms with Gasteiger partial charge in [0, 0.05) is 0 Å². The molecule has 0 aliphatic carbocycles. The van der Waals surface area contributed by atoms with E-state index >= 15 is 0 Å². The molecule has 0 N–H and O–H groups in total. The fourth-order valence-corrected chi connectivity index (χ4v) is 7.02. The molecule has 0 unspecified atom stereocenters. The van der Waals surface area contributed by atoms with E-state index in [4.69, 9.17) is 32.8 Å². The van der Waals surface area contributed by atoms with Gasteiger partial charge in [-0.15, -0.1) is 0 Å². The van der Waals surface area contributed by atoms with Crippen LogP contribution in [0.1, 0.15) is 0 Å². The van der Waals surface area contributed by atoms with Crippen molar-refractivity contribution in [3.63, 3.8) is 0 Å². The van der Waals surface area contributed by atoms with Gasteiger partial charge in [-0.25, -0.2) is 0 Å². The summed E-state index contributed by atoms with van der Waals surface area (Å²) in [6, 6.07) is 32.7. The molecule has 3 aromatic rings. The van der Waals surface area contributed by atoms with Crippen LogP contribution >= 0.6 is 18.8 Å². The first-order valence-corrected chi connectivity index (χ1v) is 17.4. The summed E-state index contributed by atoms with van der Waals surface area (Å²) in [7, 11) is 9.86. The van der Waals surface area contributed by atoms with Gasteiger partial charge < -0.3 is 0 Å². The average molecular weight is 645 g/mol. The van der Waals surface area contributed by atoms with Crippen LogP contribution in [-0.2, 0) is 30.4 Å². The molecule has 0 aliphatic heterocycles. The van der Waals surface area contributed by atoms with Gasteiger partial charge in [0.25, 0.3) is 0 Å². The standard InChI is InChI=1S/C18H15As.3CO.2ClH.W/c1-4-10-16(11-5-1)19(17-12-6-2-7-13-17)18-14-8-3-9-15-18;3*1-2;;;/h1-15H;;;;2*1H;/q;;;;;;+2/p-2. The van der Waals surface area contributed by atoms with Crippen molar-refractivity contribution in [2.24, 2.45) is 0 Å². The Bertz CT molecular complexity index is 674. The number of benzene rings is 3. The number of halogens is 2. The predicted octanol–water partition coefficient (Wildman–Crippen LogP) is 3.47. The molecule has 7 heteroatoms. The molecule has 0 bridgehead atoms. The van der Waals surface area contributed by atoms with Crippen molar-refractivity contribution in [1.82, 2.24) is 0 Å². The zero-order valence-electron chi connectivity index (χ0n) is 14.5. The van der Waals surface area contributed by atoms with Crippen molar-refractivity contribution in [3.05, 3.63) is 111 Å². The fourth-order valence-electron chi connectivity index (χ4n) is 2.18.